The molecule has 0 aliphatic heterocycles. The molecule has 0 saturated carbocycles. The lowest BCUT2D eigenvalue weighted by molar-refractivity contribution is -0.387. The Labute approximate surface area is 82.9 Å². The average molecular weight is 216 g/mol. The maximum Gasteiger partial charge on any atom is 0.300 e. The molecule has 1 aromatic heterocycles. The summed E-state index contributed by atoms with van der Waals surface area (Å²) in [6.45, 7) is 1.23. The van der Waals surface area contributed by atoms with Crippen LogP contribution in [0.4, 0.5) is 14.5 Å². The van der Waals surface area contributed by atoms with Crippen molar-refractivity contribution in [1.82, 2.24) is 4.98 Å². The molecule has 0 aliphatic carbocycles. The van der Waals surface area contributed by atoms with Gasteiger partial charge in [-0.15, -0.1) is 0 Å². The standard InChI is InChI=1S/C8H6F2N2O3/c1-4-5(3-13)2-11-6(8(9)10)7(4)12(14)15/h2-3,8H,1H3. The first-order valence-electron chi connectivity index (χ1n) is 3.86. The highest BCUT2D eigenvalue weighted by Gasteiger charge is 2.27. The fraction of sp³-hybridized carbons (Fsp3) is 0.250. The highest BCUT2D eigenvalue weighted by Crippen LogP contribution is 2.30. The Kier molecular flexibility index (Phi) is 3.03. The molecule has 0 saturated heterocycles. The van der Waals surface area contributed by atoms with Gasteiger partial charge in [0.25, 0.3) is 12.1 Å². The molecule has 0 amide bonds. The van der Waals surface area contributed by atoms with E-state index in [4.69, 9.17) is 0 Å². The van der Waals surface area contributed by atoms with Crippen molar-refractivity contribution in [3.8, 4) is 0 Å². The molecule has 0 aromatic carbocycles. The number of alkyl halides is 2. The molecule has 0 atom stereocenters. The number of hydrogen-bond donors (Lipinski definition) is 0. The highest BCUT2D eigenvalue weighted by molar-refractivity contribution is 5.79. The van der Waals surface area contributed by atoms with Crippen LogP contribution in [0, 0.1) is 17.0 Å². The molecule has 1 rings (SSSR count). The molecule has 7 heteroatoms. The second kappa shape index (κ2) is 4.07. The smallest absolute Gasteiger partial charge is 0.298 e. The molecule has 80 valence electrons. The number of carbonyl (C=O) groups excluding carboxylic acids is 1. The normalized spacial score (nSPS) is 10.4. The van der Waals surface area contributed by atoms with Crippen LogP contribution in [-0.4, -0.2) is 16.2 Å². The van der Waals surface area contributed by atoms with E-state index in [0.717, 1.165) is 6.20 Å². The maximum atomic E-state index is 12.3. The van der Waals surface area contributed by atoms with Crippen molar-refractivity contribution in [3.05, 3.63) is 33.1 Å². The third-order valence-corrected chi connectivity index (χ3v) is 1.89. The van der Waals surface area contributed by atoms with Gasteiger partial charge in [-0.3, -0.25) is 14.9 Å². The van der Waals surface area contributed by atoms with Gasteiger partial charge >= 0.3 is 0 Å². The van der Waals surface area contributed by atoms with E-state index in [1.165, 1.54) is 6.92 Å². The first kappa shape index (κ1) is 11.2. The molecule has 0 fully saturated rings. The molecule has 0 aliphatic rings. The van der Waals surface area contributed by atoms with Crippen molar-refractivity contribution in [2.45, 2.75) is 13.3 Å². The van der Waals surface area contributed by atoms with Crippen LogP contribution >= 0.6 is 0 Å². The monoisotopic (exact) mass is 216 g/mol. The average Bonchev–Trinajstić information content (AvgIpc) is 2.16. The van der Waals surface area contributed by atoms with Gasteiger partial charge in [0.1, 0.15) is 0 Å². The van der Waals surface area contributed by atoms with Crippen LogP contribution in [0.2, 0.25) is 0 Å². The van der Waals surface area contributed by atoms with Crippen LogP contribution in [0.1, 0.15) is 28.0 Å². The van der Waals surface area contributed by atoms with Gasteiger partial charge in [0.05, 0.1) is 4.92 Å². The Bertz CT molecular complexity index is 421. The van der Waals surface area contributed by atoms with Gasteiger partial charge in [-0.25, -0.2) is 13.8 Å². The number of rotatable bonds is 3. The maximum absolute atomic E-state index is 12.3. The molecule has 15 heavy (non-hydrogen) atoms. The Morgan fingerprint density at radius 1 is 1.60 bits per heavy atom. The number of hydrogen-bond acceptors (Lipinski definition) is 4. The van der Waals surface area contributed by atoms with Crippen molar-refractivity contribution >= 4 is 12.0 Å². The lowest BCUT2D eigenvalue weighted by Gasteiger charge is -2.04. The fourth-order valence-electron chi connectivity index (χ4n) is 1.13. The summed E-state index contributed by atoms with van der Waals surface area (Å²) in [4.78, 5) is 23.2. The van der Waals surface area contributed by atoms with Crippen molar-refractivity contribution in [2.75, 3.05) is 0 Å². The van der Waals surface area contributed by atoms with Crippen LogP contribution in [0.25, 0.3) is 0 Å². The summed E-state index contributed by atoms with van der Waals surface area (Å²) in [6, 6.07) is 0. The van der Waals surface area contributed by atoms with E-state index < -0.39 is 22.7 Å². The Hall–Kier alpha value is -1.92. The van der Waals surface area contributed by atoms with Crippen molar-refractivity contribution < 1.29 is 18.5 Å². The molecule has 0 bridgehead atoms. The minimum atomic E-state index is -3.04. The lowest BCUT2D eigenvalue weighted by atomic mass is 10.1. The van der Waals surface area contributed by atoms with E-state index in [2.05, 4.69) is 4.98 Å². The zero-order valence-corrected chi connectivity index (χ0v) is 7.61. The zero-order chi connectivity index (χ0) is 11.6. The van der Waals surface area contributed by atoms with E-state index in [1.54, 1.807) is 0 Å². The van der Waals surface area contributed by atoms with E-state index in [9.17, 15) is 23.7 Å². The predicted molar refractivity (Wildman–Crippen MR) is 46.0 cm³/mol. The van der Waals surface area contributed by atoms with Gasteiger partial charge in [0.2, 0.25) is 0 Å². The Morgan fingerprint density at radius 2 is 2.20 bits per heavy atom. The summed E-state index contributed by atoms with van der Waals surface area (Å²) in [5, 5.41) is 10.5. The number of aldehydes is 1. The highest BCUT2D eigenvalue weighted by atomic mass is 19.3. The van der Waals surface area contributed by atoms with Crippen LogP contribution in [0.3, 0.4) is 0 Å². The molecule has 0 N–H and O–H groups in total. The minimum Gasteiger partial charge on any atom is -0.298 e. The summed E-state index contributed by atoms with van der Waals surface area (Å²) < 4.78 is 24.7. The van der Waals surface area contributed by atoms with Crippen LogP contribution in [0.15, 0.2) is 6.20 Å². The molecule has 5 nitrogen and oxygen atoms in total. The third kappa shape index (κ3) is 1.95. The number of halogens is 2. The summed E-state index contributed by atoms with van der Waals surface area (Å²) >= 11 is 0. The first-order valence-corrected chi connectivity index (χ1v) is 3.86. The van der Waals surface area contributed by atoms with Crippen LogP contribution < -0.4 is 0 Å². The molecule has 0 spiro atoms. The zero-order valence-electron chi connectivity index (χ0n) is 7.61. The molecule has 1 heterocycles. The predicted octanol–water partition coefficient (Wildman–Crippen LogP) is 2.05. The van der Waals surface area contributed by atoms with Gasteiger partial charge in [0, 0.05) is 17.3 Å². The SMILES string of the molecule is Cc1c(C=O)cnc(C(F)F)c1[N+](=O)[O-]. The molecular weight excluding hydrogens is 210 g/mol. The second-order valence-corrected chi connectivity index (χ2v) is 2.75. The van der Waals surface area contributed by atoms with Gasteiger partial charge in [-0.05, 0) is 6.92 Å². The van der Waals surface area contributed by atoms with E-state index in [0.29, 0.717) is 6.29 Å². The largest absolute Gasteiger partial charge is 0.300 e. The summed E-state index contributed by atoms with van der Waals surface area (Å²) in [5.41, 5.74) is -1.87. The number of nitrogens with zero attached hydrogens (tertiary/aromatic N) is 2. The van der Waals surface area contributed by atoms with Gasteiger partial charge < -0.3 is 0 Å². The van der Waals surface area contributed by atoms with Gasteiger partial charge in [-0.1, -0.05) is 0 Å². The minimum absolute atomic E-state index is 0.0638. The lowest BCUT2D eigenvalue weighted by Crippen LogP contribution is -2.04. The Morgan fingerprint density at radius 3 is 2.60 bits per heavy atom. The van der Waals surface area contributed by atoms with Crippen LogP contribution in [0.5, 0.6) is 0 Å². The van der Waals surface area contributed by atoms with E-state index in [-0.39, 0.29) is 11.1 Å². The van der Waals surface area contributed by atoms with Crippen molar-refractivity contribution in [1.29, 1.82) is 0 Å². The number of nitro groups is 1. The quantitative estimate of drug-likeness (QED) is 0.440. The number of carbonyl (C=O) groups is 1. The molecule has 1 aromatic rings. The molecule has 0 radical (unpaired) electrons. The van der Waals surface area contributed by atoms with Gasteiger partial charge in [-0.2, -0.15) is 0 Å². The fourth-order valence-corrected chi connectivity index (χ4v) is 1.13. The Balaban J connectivity index is 3.51. The van der Waals surface area contributed by atoms with Crippen molar-refractivity contribution in [2.24, 2.45) is 0 Å². The summed E-state index contributed by atoms with van der Waals surface area (Å²) in [6.07, 6.45) is -1.80. The molecular formula is C8H6F2N2O3. The van der Waals surface area contributed by atoms with E-state index >= 15 is 0 Å². The van der Waals surface area contributed by atoms with Crippen LogP contribution in [-0.2, 0) is 0 Å². The number of pyridine rings is 1. The summed E-state index contributed by atoms with van der Waals surface area (Å²) in [5.74, 6) is 0. The van der Waals surface area contributed by atoms with Crippen molar-refractivity contribution in [3.63, 3.8) is 0 Å². The number of aromatic nitrogens is 1. The third-order valence-electron chi connectivity index (χ3n) is 1.89. The first-order chi connectivity index (χ1) is 6.99. The molecule has 0 unspecified atom stereocenters. The van der Waals surface area contributed by atoms with E-state index in [1.807, 2.05) is 0 Å². The summed E-state index contributed by atoms with van der Waals surface area (Å²) in [7, 11) is 0. The topological polar surface area (TPSA) is 73.1 Å². The van der Waals surface area contributed by atoms with Gasteiger partial charge in [0.15, 0.2) is 12.0 Å². The second-order valence-electron chi connectivity index (χ2n) is 2.75.